The molecule has 4 rings (SSSR count). The Labute approximate surface area is 187 Å². The van der Waals surface area contributed by atoms with E-state index in [0.29, 0.717) is 38.9 Å². The Morgan fingerprint density at radius 2 is 1.97 bits per heavy atom. The van der Waals surface area contributed by atoms with Gasteiger partial charge in [0, 0.05) is 36.9 Å². The minimum absolute atomic E-state index is 0.0361. The Kier molecular flexibility index (Phi) is 6.47. The van der Waals surface area contributed by atoms with E-state index in [9.17, 15) is 9.59 Å². The van der Waals surface area contributed by atoms with Crippen molar-refractivity contribution in [2.75, 3.05) is 19.6 Å². The lowest BCUT2D eigenvalue weighted by Crippen LogP contribution is -2.45. The molecule has 31 heavy (non-hydrogen) atoms. The molecule has 1 aliphatic rings. The minimum atomic E-state index is -0.592. The first-order chi connectivity index (χ1) is 15.1. The molecule has 1 aromatic carbocycles. The summed E-state index contributed by atoms with van der Waals surface area (Å²) in [6.07, 6.45) is 5.03. The zero-order chi connectivity index (χ0) is 21.7. The molecule has 0 unspecified atom stereocenters. The highest BCUT2D eigenvalue weighted by Crippen LogP contribution is 2.36. The highest BCUT2D eigenvalue weighted by atomic mass is 32.1. The van der Waals surface area contributed by atoms with Gasteiger partial charge >= 0.3 is 0 Å². The van der Waals surface area contributed by atoms with E-state index in [0.717, 1.165) is 11.1 Å². The van der Waals surface area contributed by atoms with Crippen molar-refractivity contribution in [2.45, 2.75) is 26.2 Å². The van der Waals surface area contributed by atoms with Crippen LogP contribution in [0.2, 0.25) is 0 Å². The normalized spacial score (nSPS) is 18.2. The second-order valence-electron chi connectivity index (χ2n) is 8.09. The standard InChI is InChI=1S/C25H27N3O2S/c1-2-27-24(30)25(16-19-7-9-21(10-8-19)22-6-4-14-31-22)11-13-28(18-25)23(29)15-20-5-3-12-26-17-20/h3-10,12,14,17H,2,11,13,15-16,18H2,1H3,(H,27,30)/t25-/m1/s1. The molecule has 1 aliphatic heterocycles. The number of aromatic nitrogens is 1. The van der Waals surface area contributed by atoms with Crippen LogP contribution < -0.4 is 5.32 Å². The van der Waals surface area contributed by atoms with Gasteiger partial charge in [0.05, 0.1) is 11.8 Å². The second-order valence-corrected chi connectivity index (χ2v) is 9.04. The van der Waals surface area contributed by atoms with Crippen molar-refractivity contribution in [3.63, 3.8) is 0 Å². The number of amides is 2. The molecule has 2 aromatic heterocycles. The Balaban J connectivity index is 1.50. The van der Waals surface area contributed by atoms with Crippen molar-refractivity contribution < 1.29 is 9.59 Å². The van der Waals surface area contributed by atoms with Gasteiger partial charge in [-0.1, -0.05) is 36.4 Å². The molecule has 1 N–H and O–H groups in total. The number of hydrogen-bond donors (Lipinski definition) is 1. The summed E-state index contributed by atoms with van der Waals surface area (Å²) in [6, 6.07) is 16.4. The molecule has 0 radical (unpaired) electrons. The zero-order valence-electron chi connectivity index (χ0n) is 17.7. The lowest BCUT2D eigenvalue weighted by Gasteiger charge is -2.28. The molecule has 1 saturated heterocycles. The van der Waals surface area contributed by atoms with Crippen LogP contribution in [0.15, 0.2) is 66.3 Å². The molecule has 0 spiro atoms. The van der Waals surface area contributed by atoms with Crippen LogP contribution in [-0.4, -0.2) is 41.3 Å². The van der Waals surface area contributed by atoms with Gasteiger partial charge in [0.1, 0.15) is 0 Å². The topological polar surface area (TPSA) is 62.3 Å². The number of pyridine rings is 1. The third kappa shape index (κ3) is 4.85. The SMILES string of the molecule is CCNC(=O)[C@@]1(Cc2ccc(-c3cccs3)cc2)CCN(C(=O)Cc2cccnc2)C1. The molecule has 0 aliphatic carbocycles. The van der Waals surface area contributed by atoms with Gasteiger partial charge in [0.15, 0.2) is 0 Å². The maximum Gasteiger partial charge on any atom is 0.228 e. The van der Waals surface area contributed by atoms with Crippen LogP contribution in [0.1, 0.15) is 24.5 Å². The zero-order valence-corrected chi connectivity index (χ0v) is 18.5. The van der Waals surface area contributed by atoms with Gasteiger partial charge in [-0.15, -0.1) is 11.3 Å². The molecule has 1 fully saturated rings. The average molecular weight is 434 g/mol. The van der Waals surface area contributed by atoms with Gasteiger partial charge in [0.2, 0.25) is 11.8 Å². The molecule has 2 amide bonds. The van der Waals surface area contributed by atoms with Gasteiger partial charge in [-0.3, -0.25) is 14.6 Å². The number of nitrogens with one attached hydrogen (secondary N) is 1. The van der Waals surface area contributed by atoms with Crippen LogP contribution >= 0.6 is 11.3 Å². The third-order valence-electron chi connectivity index (χ3n) is 5.91. The summed E-state index contributed by atoms with van der Waals surface area (Å²) in [5.74, 6) is 0.0845. The third-order valence-corrected chi connectivity index (χ3v) is 6.82. The highest BCUT2D eigenvalue weighted by molar-refractivity contribution is 7.13. The summed E-state index contributed by atoms with van der Waals surface area (Å²) in [5, 5.41) is 5.08. The number of thiophene rings is 1. The van der Waals surface area contributed by atoms with E-state index in [-0.39, 0.29) is 11.8 Å². The Morgan fingerprint density at radius 3 is 2.65 bits per heavy atom. The molecule has 5 nitrogen and oxygen atoms in total. The van der Waals surface area contributed by atoms with E-state index in [4.69, 9.17) is 0 Å². The number of benzene rings is 1. The number of nitrogens with zero attached hydrogens (tertiary/aromatic N) is 2. The number of hydrogen-bond acceptors (Lipinski definition) is 4. The predicted octanol–water partition coefficient (Wildman–Crippen LogP) is 3.95. The summed E-state index contributed by atoms with van der Waals surface area (Å²) in [6.45, 7) is 3.57. The summed E-state index contributed by atoms with van der Waals surface area (Å²) in [7, 11) is 0. The van der Waals surface area contributed by atoms with Crippen molar-refractivity contribution in [2.24, 2.45) is 5.41 Å². The van der Waals surface area contributed by atoms with Crippen LogP contribution in [0.4, 0.5) is 0 Å². The van der Waals surface area contributed by atoms with Crippen molar-refractivity contribution in [3.05, 3.63) is 77.4 Å². The van der Waals surface area contributed by atoms with Crippen LogP contribution in [0.3, 0.4) is 0 Å². The molecule has 0 saturated carbocycles. The molecular weight excluding hydrogens is 406 g/mol. The molecule has 6 heteroatoms. The molecule has 160 valence electrons. The molecule has 0 bridgehead atoms. The van der Waals surface area contributed by atoms with Gasteiger partial charge in [-0.2, -0.15) is 0 Å². The molecule has 3 heterocycles. The molecule has 1 atom stereocenters. The fourth-order valence-corrected chi connectivity index (χ4v) is 4.99. The van der Waals surface area contributed by atoms with Crippen LogP contribution in [0.5, 0.6) is 0 Å². The van der Waals surface area contributed by atoms with E-state index in [1.165, 1.54) is 10.4 Å². The first-order valence-electron chi connectivity index (χ1n) is 10.7. The summed E-state index contributed by atoms with van der Waals surface area (Å²) >= 11 is 1.72. The van der Waals surface area contributed by atoms with E-state index in [1.807, 2.05) is 30.0 Å². The number of carbonyl (C=O) groups excluding carboxylic acids is 2. The number of rotatable bonds is 7. The summed E-state index contributed by atoms with van der Waals surface area (Å²) in [5.41, 5.74) is 2.61. The lowest BCUT2D eigenvalue weighted by molar-refractivity contribution is -0.132. The number of carbonyl (C=O) groups is 2. The fraction of sp³-hybridized carbons (Fsp3) is 0.320. The van der Waals surface area contributed by atoms with Crippen molar-refractivity contribution in [3.8, 4) is 10.4 Å². The van der Waals surface area contributed by atoms with Crippen LogP contribution in [0.25, 0.3) is 10.4 Å². The predicted molar refractivity (Wildman–Crippen MR) is 124 cm³/mol. The van der Waals surface area contributed by atoms with E-state index >= 15 is 0 Å². The summed E-state index contributed by atoms with van der Waals surface area (Å²) < 4.78 is 0. The van der Waals surface area contributed by atoms with Crippen LogP contribution in [-0.2, 0) is 22.4 Å². The average Bonchev–Trinajstić information content (AvgIpc) is 3.47. The Bertz CT molecular complexity index is 1020. The lowest BCUT2D eigenvalue weighted by atomic mass is 9.79. The van der Waals surface area contributed by atoms with Gasteiger partial charge in [-0.05, 0) is 54.0 Å². The molecule has 3 aromatic rings. The minimum Gasteiger partial charge on any atom is -0.356 e. The quantitative estimate of drug-likeness (QED) is 0.614. The van der Waals surface area contributed by atoms with Gasteiger partial charge in [-0.25, -0.2) is 0 Å². The van der Waals surface area contributed by atoms with E-state index in [1.54, 1.807) is 23.7 Å². The van der Waals surface area contributed by atoms with Crippen molar-refractivity contribution >= 4 is 23.2 Å². The van der Waals surface area contributed by atoms with Gasteiger partial charge < -0.3 is 10.2 Å². The maximum atomic E-state index is 13.1. The first kappa shape index (κ1) is 21.2. The maximum absolute atomic E-state index is 13.1. The van der Waals surface area contributed by atoms with Crippen molar-refractivity contribution in [1.29, 1.82) is 0 Å². The van der Waals surface area contributed by atoms with Crippen molar-refractivity contribution in [1.82, 2.24) is 15.2 Å². The molecular formula is C25H27N3O2S. The first-order valence-corrected chi connectivity index (χ1v) is 11.6. The van der Waals surface area contributed by atoms with E-state index < -0.39 is 5.41 Å². The second kappa shape index (κ2) is 9.43. The fourth-order valence-electron chi connectivity index (χ4n) is 4.25. The Morgan fingerprint density at radius 1 is 1.13 bits per heavy atom. The number of likely N-dealkylation sites (tertiary alicyclic amines) is 1. The van der Waals surface area contributed by atoms with Crippen LogP contribution in [0, 0.1) is 5.41 Å². The van der Waals surface area contributed by atoms with Gasteiger partial charge in [0.25, 0.3) is 0 Å². The highest BCUT2D eigenvalue weighted by Gasteiger charge is 2.45. The smallest absolute Gasteiger partial charge is 0.228 e. The van der Waals surface area contributed by atoms with E-state index in [2.05, 4.69) is 46.0 Å². The monoisotopic (exact) mass is 433 g/mol. The largest absolute Gasteiger partial charge is 0.356 e. The summed E-state index contributed by atoms with van der Waals surface area (Å²) in [4.78, 5) is 33.1. The Hall–Kier alpha value is -2.99.